The Labute approximate surface area is 193 Å². The zero-order chi connectivity index (χ0) is 22.7. The number of hydrogen-bond donors (Lipinski definition) is 1. The number of anilines is 1. The van der Waals surface area contributed by atoms with Crippen LogP contribution in [0.5, 0.6) is 0 Å². The summed E-state index contributed by atoms with van der Waals surface area (Å²) in [5, 5.41) is 10.7. The number of carbonyl (C=O) groups is 2. The number of amides is 2. The Bertz CT molecular complexity index is 1150. The van der Waals surface area contributed by atoms with Crippen molar-refractivity contribution in [2.24, 2.45) is 0 Å². The molecule has 0 saturated carbocycles. The Morgan fingerprint density at radius 3 is 2.56 bits per heavy atom. The maximum Gasteiger partial charge on any atom is 0.278 e. The van der Waals surface area contributed by atoms with Crippen LogP contribution in [-0.4, -0.2) is 56.3 Å². The highest BCUT2D eigenvalue weighted by atomic mass is 35.5. The number of rotatable bonds is 5. The fourth-order valence-corrected chi connectivity index (χ4v) is 4.47. The van der Waals surface area contributed by atoms with Gasteiger partial charge in [-0.25, -0.2) is 9.07 Å². The standard InChI is InChI=1S/C22H21ClFN5O2S/c1-14-21(26-27-29(14)17-6-7-19(24)18(23)13-17)22(31)25-16-4-2-15(3-5-16)12-20(30)28-8-10-32-11-9-28/h2-7,13H,8-12H2,1H3,(H,25,31). The van der Waals surface area contributed by atoms with Crippen LogP contribution in [0.15, 0.2) is 42.5 Å². The molecule has 2 aromatic carbocycles. The Hall–Kier alpha value is -2.91. The second-order valence-electron chi connectivity index (χ2n) is 7.35. The van der Waals surface area contributed by atoms with Gasteiger partial charge in [0.2, 0.25) is 5.91 Å². The molecular weight excluding hydrogens is 453 g/mol. The molecule has 1 aliphatic rings. The van der Waals surface area contributed by atoms with E-state index in [1.165, 1.54) is 22.9 Å². The van der Waals surface area contributed by atoms with Crippen molar-refractivity contribution < 1.29 is 14.0 Å². The number of benzene rings is 2. The lowest BCUT2D eigenvalue weighted by Gasteiger charge is -2.26. The molecule has 7 nitrogen and oxygen atoms in total. The van der Waals surface area contributed by atoms with Crippen LogP contribution in [0.4, 0.5) is 10.1 Å². The van der Waals surface area contributed by atoms with Gasteiger partial charge in [-0.2, -0.15) is 11.8 Å². The molecule has 1 N–H and O–H groups in total. The first-order valence-electron chi connectivity index (χ1n) is 10.1. The minimum absolute atomic E-state index is 0.0406. The molecule has 0 radical (unpaired) electrons. The second kappa shape index (κ2) is 9.70. The highest BCUT2D eigenvalue weighted by molar-refractivity contribution is 7.99. The van der Waals surface area contributed by atoms with Crippen LogP contribution in [0.1, 0.15) is 21.7 Å². The smallest absolute Gasteiger partial charge is 0.278 e. The zero-order valence-electron chi connectivity index (χ0n) is 17.3. The van der Waals surface area contributed by atoms with Gasteiger partial charge in [-0.1, -0.05) is 28.9 Å². The van der Waals surface area contributed by atoms with Gasteiger partial charge in [-0.15, -0.1) is 5.10 Å². The summed E-state index contributed by atoms with van der Waals surface area (Å²) >= 11 is 7.70. The molecule has 3 aromatic rings. The Balaban J connectivity index is 1.41. The minimum atomic E-state index is -0.536. The van der Waals surface area contributed by atoms with Crippen molar-refractivity contribution in [1.29, 1.82) is 0 Å². The molecule has 32 heavy (non-hydrogen) atoms. The van der Waals surface area contributed by atoms with E-state index in [0.717, 1.165) is 30.2 Å². The maximum atomic E-state index is 13.4. The number of nitrogens with zero attached hydrogens (tertiary/aromatic N) is 4. The monoisotopic (exact) mass is 473 g/mol. The van der Waals surface area contributed by atoms with Crippen molar-refractivity contribution in [2.45, 2.75) is 13.3 Å². The summed E-state index contributed by atoms with van der Waals surface area (Å²) in [6.07, 6.45) is 0.340. The molecule has 1 aliphatic heterocycles. The van der Waals surface area contributed by atoms with Gasteiger partial charge < -0.3 is 10.2 Å². The number of aromatic nitrogens is 3. The molecule has 10 heteroatoms. The average molecular weight is 474 g/mol. The average Bonchev–Trinajstić information content (AvgIpc) is 3.19. The zero-order valence-corrected chi connectivity index (χ0v) is 18.9. The number of nitrogens with one attached hydrogen (secondary N) is 1. The van der Waals surface area contributed by atoms with Gasteiger partial charge in [0.25, 0.3) is 5.91 Å². The molecule has 0 atom stereocenters. The van der Waals surface area contributed by atoms with Crippen LogP contribution in [0.3, 0.4) is 0 Å². The summed E-state index contributed by atoms with van der Waals surface area (Å²) in [4.78, 5) is 27.0. The molecule has 0 bridgehead atoms. The first kappa shape index (κ1) is 22.3. The van der Waals surface area contributed by atoms with Gasteiger partial charge in [0.05, 0.1) is 22.8 Å². The highest BCUT2D eigenvalue weighted by Gasteiger charge is 2.19. The van der Waals surface area contributed by atoms with E-state index in [1.807, 2.05) is 28.8 Å². The first-order valence-corrected chi connectivity index (χ1v) is 11.6. The molecule has 1 saturated heterocycles. The number of carbonyl (C=O) groups excluding carboxylic acids is 2. The lowest BCUT2D eigenvalue weighted by molar-refractivity contribution is -0.130. The van der Waals surface area contributed by atoms with Gasteiger partial charge >= 0.3 is 0 Å². The Morgan fingerprint density at radius 2 is 1.88 bits per heavy atom. The van der Waals surface area contributed by atoms with Crippen molar-refractivity contribution >= 4 is 40.9 Å². The Kier molecular flexibility index (Phi) is 6.76. The molecule has 2 heterocycles. The molecule has 0 spiro atoms. The SMILES string of the molecule is Cc1c(C(=O)Nc2ccc(CC(=O)N3CCSCC3)cc2)nnn1-c1ccc(F)c(Cl)c1. The molecule has 1 aromatic heterocycles. The minimum Gasteiger partial charge on any atom is -0.341 e. The molecule has 0 unspecified atom stereocenters. The summed E-state index contributed by atoms with van der Waals surface area (Å²) in [5.41, 5.74) is 2.61. The first-order chi connectivity index (χ1) is 15.4. The van der Waals surface area contributed by atoms with Crippen molar-refractivity contribution in [3.8, 4) is 5.69 Å². The summed E-state index contributed by atoms with van der Waals surface area (Å²) in [5.74, 6) is 1.13. The normalized spacial score (nSPS) is 13.8. The Morgan fingerprint density at radius 1 is 1.16 bits per heavy atom. The van der Waals surface area contributed by atoms with Crippen LogP contribution < -0.4 is 5.32 Å². The number of halogens is 2. The van der Waals surface area contributed by atoms with E-state index in [9.17, 15) is 14.0 Å². The van der Waals surface area contributed by atoms with Gasteiger partial charge in [0, 0.05) is 30.3 Å². The summed E-state index contributed by atoms with van der Waals surface area (Å²) < 4.78 is 14.8. The quantitative estimate of drug-likeness (QED) is 0.610. The third kappa shape index (κ3) is 4.94. The number of hydrogen-bond acceptors (Lipinski definition) is 5. The number of thioether (sulfide) groups is 1. The molecule has 2 amide bonds. The van der Waals surface area contributed by atoms with Crippen LogP contribution >= 0.6 is 23.4 Å². The third-order valence-corrected chi connectivity index (χ3v) is 6.42. The summed E-state index contributed by atoms with van der Waals surface area (Å²) in [7, 11) is 0. The predicted molar refractivity (Wildman–Crippen MR) is 123 cm³/mol. The fraction of sp³-hybridized carbons (Fsp3) is 0.273. The maximum absolute atomic E-state index is 13.4. The van der Waals surface area contributed by atoms with E-state index in [4.69, 9.17) is 11.6 Å². The van der Waals surface area contributed by atoms with E-state index in [1.54, 1.807) is 19.1 Å². The second-order valence-corrected chi connectivity index (χ2v) is 8.99. The molecule has 0 aliphatic carbocycles. The van der Waals surface area contributed by atoms with Crippen LogP contribution in [0, 0.1) is 12.7 Å². The van der Waals surface area contributed by atoms with Crippen molar-refractivity contribution in [3.05, 3.63) is 70.3 Å². The van der Waals surface area contributed by atoms with Crippen molar-refractivity contribution in [3.63, 3.8) is 0 Å². The van der Waals surface area contributed by atoms with Crippen LogP contribution in [0.2, 0.25) is 5.02 Å². The van der Waals surface area contributed by atoms with Crippen molar-refractivity contribution in [1.82, 2.24) is 19.9 Å². The fourth-order valence-electron chi connectivity index (χ4n) is 3.40. The van der Waals surface area contributed by atoms with Gasteiger partial charge in [-0.05, 0) is 42.8 Å². The lowest BCUT2D eigenvalue weighted by atomic mass is 10.1. The summed E-state index contributed by atoms with van der Waals surface area (Å²) in [6, 6.07) is 11.3. The van der Waals surface area contributed by atoms with E-state index >= 15 is 0 Å². The van der Waals surface area contributed by atoms with Gasteiger partial charge in [0.1, 0.15) is 5.82 Å². The lowest BCUT2D eigenvalue weighted by Crippen LogP contribution is -2.38. The van der Waals surface area contributed by atoms with E-state index in [-0.39, 0.29) is 16.6 Å². The van der Waals surface area contributed by atoms with E-state index < -0.39 is 11.7 Å². The van der Waals surface area contributed by atoms with Gasteiger partial charge in [0.15, 0.2) is 5.69 Å². The molecule has 1 fully saturated rings. The highest BCUT2D eigenvalue weighted by Crippen LogP contribution is 2.21. The van der Waals surface area contributed by atoms with Crippen molar-refractivity contribution in [2.75, 3.05) is 29.9 Å². The molecular formula is C22H21ClFN5O2S. The van der Waals surface area contributed by atoms with E-state index in [2.05, 4.69) is 15.6 Å². The summed E-state index contributed by atoms with van der Waals surface area (Å²) in [6.45, 7) is 3.28. The van der Waals surface area contributed by atoms with Crippen LogP contribution in [0.25, 0.3) is 5.69 Å². The van der Waals surface area contributed by atoms with Crippen LogP contribution in [-0.2, 0) is 11.2 Å². The van der Waals surface area contributed by atoms with E-state index in [0.29, 0.717) is 23.5 Å². The third-order valence-electron chi connectivity index (χ3n) is 5.19. The largest absolute Gasteiger partial charge is 0.341 e. The molecule has 4 rings (SSSR count). The molecule has 166 valence electrons. The van der Waals surface area contributed by atoms with Gasteiger partial charge in [-0.3, -0.25) is 9.59 Å². The topological polar surface area (TPSA) is 80.1 Å². The predicted octanol–water partition coefficient (Wildman–Crippen LogP) is 3.74.